The molecule has 0 amide bonds. The van der Waals surface area contributed by atoms with Crippen molar-refractivity contribution < 1.29 is 19.1 Å². The molecule has 0 saturated heterocycles. The Bertz CT molecular complexity index is 1920. The summed E-state index contributed by atoms with van der Waals surface area (Å²) in [5.74, 6) is -0.0100. The zero-order valence-corrected chi connectivity index (χ0v) is 27.3. The minimum atomic E-state index is -0.716. The van der Waals surface area contributed by atoms with Gasteiger partial charge in [-0.15, -0.1) is 0 Å². The highest BCUT2D eigenvalue weighted by Crippen LogP contribution is 2.64. The van der Waals surface area contributed by atoms with E-state index >= 15 is 0 Å². The molecule has 3 aliphatic carbocycles. The van der Waals surface area contributed by atoms with Gasteiger partial charge in [-0.2, -0.15) is 0 Å². The Labute approximate surface area is 272 Å². The Morgan fingerprint density at radius 1 is 0.733 bits per heavy atom. The van der Waals surface area contributed by atoms with E-state index in [0.717, 1.165) is 21.2 Å². The third-order valence-electron chi connectivity index (χ3n) is 9.03. The fraction of sp³-hybridized carbons (Fsp3) is 0.200. The highest BCUT2D eigenvalue weighted by molar-refractivity contribution is 9.10. The van der Waals surface area contributed by atoms with Crippen molar-refractivity contribution in [3.63, 3.8) is 0 Å². The van der Waals surface area contributed by atoms with Crippen LogP contribution in [-0.2, 0) is 16.6 Å². The zero-order valence-electron chi connectivity index (χ0n) is 25.7. The molecule has 0 radical (unpaired) electrons. The second-order valence-corrected chi connectivity index (χ2v) is 14.0. The number of ether oxygens (including phenoxy) is 2. The quantitative estimate of drug-likeness (QED) is 0.140. The van der Waals surface area contributed by atoms with Crippen LogP contribution in [0.1, 0.15) is 81.6 Å². The molecule has 0 atom stereocenters. The van der Waals surface area contributed by atoms with Gasteiger partial charge >= 0.3 is 11.9 Å². The molecule has 45 heavy (non-hydrogen) atoms. The Balaban J connectivity index is 1.53. The number of hydrogen-bond acceptors (Lipinski definition) is 4. The first-order valence-electron chi connectivity index (χ1n) is 15.2. The maximum Gasteiger partial charge on any atom is 0.343 e. The smallest absolute Gasteiger partial charge is 0.343 e. The van der Waals surface area contributed by atoms with Gasteiger partial charge in [-0.25, -0.2) is 4.79 Å². The van der Waals surface area contributed by atoms with E-state index < -0.39 is 16.8 Å². The molecular formula is C40H33BrO4. The number of benzene rings is 5. The van der Waals surface area contributed by atoms with Crippen LogP contribution in [0.15, 0.2) is 114 Å². The van der Waals surface area contributed by atoms with Crippen molar-refractivity contribution in [2.24, 2.45) is 5.41 Å². The molecule has 0 aliphatic heterocycles. The van der Waals surface area contributed by atoms with E-state index in [-0.39, 0.29) is 11.9 Å². The summed E-state index contributed by atoms with van der Waals surface area (Å²) >= 11 is 3.45. The molecule has 0 unspecified atom stereocenters. The Morgan fingerprint density at radius 2 is 1.31 bits per heavy atom. The van der Waals surface area contributed by atoms with E-state index in [1.165, 1.54) is 27.8 Å². The summed E-state index contributed by atoms with van der Waals surface area (Å²) < 4.78 is 13.5. The third-order valence-corrected chi connectivity index (χ3v) is 9.56. The van der Waals surface area contributed by atoms with Crippen molar-refractivity contribution in [1.82, 2.24) is 0 Å². The van der Waals surface area contributed by atoms with Gasteiger partial charge in [-0.1, -0.05) is 94.3 Å². The first-order chi connectivity index (χ1) is 21.6. The van der Waals surface area contributed by atoms with Crippen LogP contribution in [0.2, 0.25) is 0 Å². The summed E-state index contributed by atoms with van der Waals surface area (Å²) in [5, 5.41) is 0. The van der Waals surface area contributed by atoms with E-state index in [0.29, 0.717) is 23.5 Å². The Hall–Kier alpha value is -4.48. The molecule has 0 saturated carbocycles. The maximum atomic E-state index is 13.7. The van der Waals surface area contributed by atoms with Gasteiger partial charge in [-0.05, 0) is 98.3 Å². The van der Waals surface area contributed by atoms with Crippen LogP contribution in [0, 0.1) is 12.3 Å². The lowest BCUT2D eigenvalue weighted by atomic mass is 9.51. The lowest BCUT2D eigenvalue weighted by Crippen LogP contribution is -2.44. The SMILES string of the molecule is Cc1ccc(CC23c4ccccc4C(c4ccccc42)c2c(OC(=O)C(C)(C)C)ccc(OC(=O)c4ccc(Br)cc4)c23)cc1. The highest BCUT2D eigenvalue weighted by Gasteiger charge is 2.54. The molecule has 5 heteroatoms. The molecular weight excluding hydrogens is 624 g/mol. The molecule has 4 nitrogen and oxygen atoms in total. The molecule has 0 heterocycles. The van der Waals surface area contributed by atoms with Crippen LogP contribution < -0.4 is 9.47 Å². The van der Waals surface area contributed by atoms with Crippen molar-refractivity contribution in [3.05, 3.63) is 164 Å². The topological polar surface area (TPSA) is 52.6 Å². The summed E-state index contributed by atoms with van der Waals surface area (Å²) in [6.07, 6.45) is 0.626. The molecule has 0 fully saturated rings. The molecule has 0 aromatic heterocycles. The van der Waals surface area contributed by atoms with Crippen molar-refractivity contribution in [2.75, 3.05) is 0 Å². The predicted molar refractivity (Wildman–Crippen MR) is 179 cm³/mol. The van der Waals surface area contributed by atoms with Crippen LogP contribution in [0.5, 0.6) is 11.5 Å². The predicted octanol–water partition coefficient (Wildman–Crippen LogP) is 9.31. The van der Waals surface area contributed by atoms with E-state index in [1.807, 2.05) is 32.9 Å². The average Bonchev–Trinajstić information content (AvgIpc) is 3.03. The zero-order chi connectivity index (χ0) is 31.5. The van der Waals surface area contributed by atoms with Crippen molar-refractivity contribution in [1.29, 1.82) is 0 Å². The fourth-order valence-corrected chi connectivity index (χ4v) is 7.20. The number of rotatable bonds is 5. The Kier molecular flexibility index (Phi) is 7.05. The number of hydrogen-bond donors (Lipinski definition) is 0. The first-order valence-corrected chi connectivity index (χ1v) is 16.0. The first kappa shape index (κ1) is 29.2. The van der Waals surface area contributed by atoms with Gasteiger partial charge in [0.1, 0.15) is 11.5 Å². The number of carbonyl (C=O) groups excluding carboxylic acids is 2. The summed E-state index contributed by atoms with van der Waals surface area (Å²) in [6.45, 7) is 7.65. The number of halogens is 1. The lowest BCUT2D eigenvalue weighted by molar-refractivity contribution is -0.143. The largest absolute Gasteiger partial charge is 0.426 e. The molecule has 5 aromatic carbocycles. The fourth-order valence-electron chi connectivity index (χ4n) is 6.94. The minimum absolute atomic E-state index is 0.207. The second kappa shape index (κ2) is 10.8. The van der Waals surface area contributed by atoms with Gasteiger partial charge in [0.15, 0.2) is 0 Å². The highest BCUT2D eigenvalue weighted by atomic mass is 79.9. The van der Waals surface area contributed by atoms with Crippen LogP contribution in [0.4, 0.5) is 0 Å². The van der Waals surface area contributed by atoms with Crippen molar-refractivity contribution >= 4 is 27.9 Å². The van der Waals surface area contributed by atoms with Crippen LogP contribution in [-0.4, -0.2) is 11.9 Å². The Morgan fingerprint density at radius 3 is 1.91 bits per heavy atom. The summed E-state index contributed by atoms with van der Waals surface area (Å²) in [5.41, 5.74) is 7.78. The second-order valence-electron chi connectivity index (χ2n) is 13.1. The standard InChI is InChI=1S/C40H33BrO4/c1-24-13-15-25(16-14-24)23-40-30-11-7-5-9-28(30)34(29-10-6-8-12-31(29)40)35-32(45-38(43)39(2,3)4)21-22-33(36(35)40)44-37(42)26-17-19-27(41)20-18-26/h5-22,34H,23H2,1-4H3. The molecule has 8 rings (SSSR count). The monoisotopic (exact) mass is 656 g/mol. The minimum Gasteiger partial charge on any atom is -0.426 e. The van der Waals surface area contributed by atoms with Crippen LogP contribution >= 0.6 is 15.9 Å². The van der Waals surface area contributed by atoms with Gasteiger partial charge in [-0.3, -0.25) is 4.79 Å². The van der Waals surface area contributed by atoms with E-state index in [1.54, 1.807) is 24.3 Å². The van der Waals surface area contributed by atoms with Gasteiger partial charge in [0, 0.05) is 21.5 Å². The molecule has 3 aliphatic rings. The molecule has 2 bridgehead atoms. The average molecular weight is 658 g/mol. The van der Waals surface area contributed by atoms with Gasteiger partial charge in [0.25, 0.3) is 0 Å². The van der Waals surface area contributed by atoms with Crippen LogP contribution in [0.25, 0.3) is 0 Å². The molecule has 224 valence electrons. The molecule has 5 aromatic rings. The third kappa shape index (κ3) is 4.81. The van der Waals surface area contributed by atoms with Crippen molar-refractivity contribution in [3.8, 4) is 11.5 Å². The van der Waals surface area contributed by atoms with E-state index in [2.05, 4.69) is 95.7 Å². The molecule has 0 N–H and O–H groups in total. The normalized spacial score (nSPS) is 17.6. The van der Waals surface area contributed by atoms with Gasteiger partial charge < -0.3 is 9.47 Å². The summed E-state index contributed by atoms with van der Waals surface area (Å²) in [4.78, 5) is 27.1. The summed E-state index contributed by atoms with van der Waals surface area (Å²) in [7, 11) is 0. The molecule has 0 spiro atoms. The van der Waals surface area contributed by atoms with Crippen LogP contribution in [0.3, 0.4) is 0 Å². The number of esters is 2. The van der Waals surface area contributed by atoms with Crippen molar-refractivity contribution in [2.45, 2.75) is 45.4 Å². The summed E-state index contributed by atoms with van der Waals surface area (Å²) in [6, 6.07) is 36.4. The number of carbonyl (C=O) groups is 2. The lowest BCUT2D eigenvalue weighted by Gasteiger charge is -2.51. The number of aryl methyl sites for hydroxylation is 1. The van der Waals surface area contributed by atoms with E-state index in [4.69, 9.17) is 9.47 Å². The maximum absolute atomic E-state index is 13.7. The van der Waals surface area contributed by atoms with Gasteiger partial charge in [0.2, 0.25) is 0 Å². The van der Waals surface area contributed by atoms with E-state index in [9.17, 15) is 9.59 Å². The van der Waals surface area contributed by atoms with Gasteiger partial charge in [0.05, 0.1) is 16.4 Å².